The second-order valence-corrected chi connectivity index (χ2v) is 3.73. The van der Waals surface area contributed by atoms with Gasteiger partial charge in [-0.2, -0.15) is 0 Å². The largest absolute Gasteiger partial charge is 1.00 e. The summed E-state index contributed by atoms with van der Waals surface area (Å²) in [4.78, 5) is 0.0945. The van der Waals surface area contributed by atoms with E-state index in [0.717, 1.165) is 0 Å². The van der Waals surface area contributed by atoms with Crippen LogP contribution in [0.25, 0.3) is 0 Å². The summed E-state index contributed by atoms with van der Waals surface area (Å²) in [6, 6.07) is 3.99. The Kier molecular flexibility index (Phi) is 8.85. The van der Waals surface area contributed by atoms with Gasteiger partial charge in [0.1, 0.15) is 0 Å². The molecule has 0 aliphatic carbocycles. The molecule has 0 fully saturated rings. The van der Waals surface area contributed by atoms with Crippen LogP contribution in [0.4, 0.5) is 0 Å². The zero-order valence-corrected chi connectivity index (χ0v) is 12.8. The molecule has 4 nitrogen and oxygen atoms in total. The quantitative estimate of drug-likeness (QED) is 0.400. The van der Waals surface area contributed by atoms with E-state index in [4.69, 9.17) is 32.7 Å². The SMILES string of the molecule is O=S([O-])c1ccc(OCCl)c(OCCl)c1.[Na+]. The van der Waals surface area contributed by atoms with Gasteiger partial charge in [-0.15, -0.1) is 0 Å². The van der Waals surface area contributed by atoms with Crippen molar-refractivity contribution < 1.29 is 47.8 Å². The molecule has 0 aromatic heterocycles. The Bertz CT molecular complexity index is 364. The van der Waals surface area contributed by atoms with Crippen molar-refractivity contribution in [1.82, 2.24) is 0 Å². The van der Waals surface area contributed by atoms with Crippen LogP contribution in [0.5, 0.6) is 11.5 Å². The first-order valence-corrected chi connectivity index (χ1v) is 5.94. The van der Waals surface area contributed by atoms with Gasteiger partial charge in [-0.05, 0) is 29.3 Å². The summed E-state index contributed by atoms with van der Waals surface area (Å²) in [5.74, 6) is 0.590. The van der Waals surface area contributed by atoms with Crippen LogP contribution in [0.15, 0.2) is 23.1 Å². The Hall–Kier alpha value is 0.510. The van der Waals surface area contributed by atoms with E-state index in [0.29, 0.717) is 5.75 Å². The van der Waals surface area contributed by atoms with Crippen molar-refractivity contribution in [3.05, 3.63) is 18.2 Å². The predicted molar refractivity (Wildman–Crippen MR) is 56.3 cm³/mol. The molecule has 0 amide bonds. The van der Waals surface area contributed by atoms with Crippen molar-refractivity contribution in [3.63, 3.8) is 0 Å². The van der Waals surface area contributed by atoms with Crippen molar-refractivity contribution in [2.45, 2.75) is 4.90 Å². The van der Waals surface area contributed by atoms with Gasteiger partial charge >= 0.3 is 29.6 Å². The smallest absolute Gasteiger partial charge is 0.768 e. The van der Waals surface area contributed by atoms with E-state index < -0.39 is 11.1 Å². The Morgan fingerprint density at radius 3 is 2.25 bits per heavy atom. The molecule has 84 valence electrons. The monoisotopic (exact) mass is 292 g/mol. The van der Waals surface area contributed by atoms with Gasteiger partial charge in [-0.1, -0.05) is 23.2 Å². The second kappa shape index (κ2) is 8.58. The minimum atomic E-state index is -2.32. The molecule has 0 saturated carbocycles. The zero-order valence-electron chi connectivity index (χ0n) is 8.44. The van der Waals surface area contributed by atoms with Gasteiger partial charge in [0.25, 0.3) is 0 Å². The minimum absolute atomic E-state index is 0. The molecule has 1 unspecified atom stereocenters. The first-order valence-electron chi connectivity index (χ1n) is 3.80. The van der Waals surface area contributed by atoms with Crippen LogP contribution in [0.3, 0.4) is 0 Å². The summed E-state index contributed by atoms with van der Waals surface area (Å²) < 4.78 is 31.3. The standard InChI is InChI=1S/C8H8Cl2O4S.Na/c9-4-13-7-2-1-6(15(11)12)3-8(7)14-5-10;/h1-3H,4-5H2,(H,11,12);/q;+1/p-1. The average molecular weight is 293 g/mol. The topological polar surface area (TPSA) is 58.6 Å². The molecule has 0 N–H and O–H groups in total. The molecule has 0 aliphatic heterocycles. The molecular formula is C8H7Cl2NaO4S. The molecule has 0 heterocycles. The molecule has 0 bridgehead atoms. The predicted octanol–water partition coefficient (Wildman–Crippen LogP) is -0.921. The maximum Gasteiger partial charge on any atom is 1.00 e. The summed E-state index contributed by atoms with van der Waals surface area (Å²) in [5.41, 5.74) is 0. The van der Waals surface area contributed by atoms with Crippen molar-refractivity contribution in [2.75, 3.05) is 12.1 Å². The van der Waals surface area contributed by atoms with Crippen molar-refractivity contribution in [2.24, 2.45) is 0 Å². The average Bonchev–Trinajstić information content (AvgIpc) is 2.21. The van der Waals surface area contributed by atoms with Gasteiger partial charge in [0.05, 0.1) is 0 Å². The van der Waals surface area contributed by atoms with Gasteiger partial charge in [0.15, 0.2) is 23.6 Å². The molecule has 0 saturated heterocycles. The third kappa shape index (κ3) is 4.79. The van der Waals surface area contributed by atoms with Gasteiger partial charge in [-0.25, -0.2) is 0 Å². The molecule has 1 atom stereocenters. The fraction of sp³-hybridized carbons (Fsp3) is 0.250. The Morgan fingerprint density at radius 2 is 1.75 bits per heavy atom. The summed E-state index contributed by atoms with van der Waals surface area (Å²) in [6.45, 7) is 0. The third-order valence-electron chi connectivity index (χ3n) is 1.53. The van der Waals surface area contributed by atoms with Crippen molar-refractivity contribution in [1.29, 1.82) is 0 Å². The van der Waals surface area contributed by atoms with Gasteiger partial charge in [-0.3, -0.25) is 4.21 Å². The molecule has 1 aromatic rings. The maximum atomic E-state index is 10.7. The first-order chi connectivity index (χ1) is 7.19. The molecule has 0 aliphatic rings. The molecule has 0 spiro atoms. The van der Waals surface area contributed by atoms with Gasteiger partial charge in [0.2, 0.25) is 0 Å². The van der Waals surface area contributed by atoms with Crippen LogP contribution in [-0.2, 0) is 11.1 Å². The van der Waals surface area contributed by atoms with E-state index in [1.54, 1.807) is 0 Å². The number of hydrogen-bond donors (Lipinski definition) is 0. The molecule has 1 rings (SSSR count). The summed E-state index contributed by atoms with van der Waals surface area (Å²) in [7, 11) is 0. The number of ether oxygens (including phenoxy) is 2. The summed E-state index contributed by atoms with van der Waals surface area (Å²) in [5, 5.41) is 0. The van der Waals surface area contributed by atoms with E-state index in [1.165, 1.54) is 18.2 Å². The Morgan fingerprint density at radius 1 is 1.19 bits per heavy atom. The molecule has 0 radical (unpaired) electrons. The van der Waals surface area contributed by atoms with E-state index in [-0.39, 0.29) is 52.3 Å². The fourth-order valence-electron chi connectivity index (χ4n) is 0.942. The van der Waals surface area contributed by atoms with Crippen LogP contribution in [-0.4, -0.2) is 20.9 Å². The summed E-state index contributed by atoms with van der Waals surface area (Å²) >= 11 is 8.44. The van der Waals surface area contributed by atoms with E-state index in [9.17, 15) is 8.76 Å². The number of benzene rings is 1. The molecule has 1 aromatic carbocycles. The van der Waals surface area contributed by atoms with Gasteiger partial charge in [0, 0.05) is 4.90 Å². The van der Waals surface area contributed by atoms with Crippen molar-refractivity contribution >= 4 is 34.3 Å². The molecule has 16 heavy (non-hydrogen) atoms. The van der Waals surface area contributed by atoms with Crippen LogP contribution in [0, 0.1) is 0 Å². The Balaban J connectivity index is 0.00000225. The fourth-order valence-corrected chi connectivity index (χ4v) is 1.56. The van der Waals surface area contributed by atoms with Crippen molar-refractivity contribution in [3.8, 4) is 11.5 Å². The number of halogens is 2. The third-order valence-corrected chi connectivity index (χ3v) is 2.38. The second-order valence-electron chi connectivity index (χ2n) is 2.35. The zero-order chi connectivity index (χ0) is 11.3. The van der Waals surface area contributed by atoms with Gasteiger partial charge < -0.3 is 14.0 Å². The first kappa shape index (κ1) is 16.5. The van der Waals surface area contributed by atoms with E-state index >= 15 is 0 Å². The van der Waals surface area contributed by atoms with Crippen LogP contribution < -0.4 is 39.0 Å². The number of hydrogen-bond acceptors (Lipinski definition) is 4. The van der Waals surface area contributed by atoms with Crippen LogP contribution >= 0.6 is 23.2 Å². The maximum absolute atomic E-state index is 10.7. The Labute approximate surface area is 128 Å². The molecule has 8 heteroatoms. The number of rotatable bonds is 5. The van der Waals surface area contributed by atoms with Crippen LogP contribution in [0.1, 0.15) is 0 Å². The van der Waals surface area contributed by atoms with Crippen LogP contribution in [0.2, 0.25) is 0 Å². The summed E-state index contributed by atoms with van der Waals surface area (Å²) in [6.07, 6.45) is 0. The van der Waals surface area contributed by atoms with E-state index in [1.807, 2.05) is 0 Å². The minimum Gasteiger partial charge on any atom is -0.768 e. The normalized spacial score (nSPS) is 11.4. The van der Waals surface area contributed by atoms with E-state index in [2.05, 4.69) is 0 Å². The number of alkyl halides is 2. The molecular weight excluding hydrogens is 286 g/mol.